The number of aromatic nitrogens is 1. The van der Waals surface area contributed by atoms with Gasteiger partial charge in [-0.05, 0) is 36.4 Å². The van der Waals surface area contributed by atoms with Crippen LogP contribution in [0.4, 0.5) is 4.39 Å². The van der Waals surface area contributed by atoms with Crippen LogP contribution in [0.2, 0.25) is 5.15 Å². The Kier molecular flexibility index (Phi) is 3.95. The van der Waals surface area contributed by atoms with E-state index < -0.39 is 17.7 Å². The SMILES string of the molecule is NC(=O)c1ccc(Cl)nc1OC(=O)c1ccc(F)cc1. The average molecular weight is 295 g/mol. The predicted molar refractivity (Wildman–Crippen MR) is 69.1 cm³/mol. The Hall–Kier alpha value is -2.47. The van der Waals surface area contributed by atoms with Crippen LogP contribution in [-0.2, 0) is 0 Å². The highest BCUT2D eigenvalue weighted by Gasteiger charge is 2.16. The van der Waals surface area contributed by atoms with E-state index in [4.69, 9.17) is 22.1 Å². The van der Waals surface area contributed by atoms with Gasteiger partial charge in [-0.1, -0.05) is 11.6 Å². The molecule has 0 aliphatic heterocycles. The fourth-order valence-electron chi connectivity index (χ4n) is 1.42. The second-order valence-corrected chi connectivity index (χ2v) is 4.13. The largest absolute Gasteiger partial charge is 0.403 e. The van der Waals surface area contributed by atoms with Gasteiger partial charge in [-0.3, -0.25) is 4.79 Å². The molecule has 0 saturated heterocycles. The summed E-state index contributed by atoms with van der Waals surface area (Å²) in [6.07, 6.45) is 0. The summed E-state index contributed by atoms with van der Waals surface area (Å²) < 4.78 is 17.7. The molecule has 0 aliphatic rings. The second-order valence-electron chi connectivity index (χ2n) is 3.75. The molecule has 1 heterocycles. The van der Waals surface area contributed by atoms with E-state index in [1.165, 1.54) is 24.3 Å². The highest BCUT2D eigenvalue weighted by molar-refractivity contribution is 6.29. The van der Waals surface area contributed by atoms with E-state index in [1.807, 2.05) is 0 Å². The van der Waals surface area contributed by atoms with Crippen LogP contribution in [-0.4, -0.2) is 16.9 Å². The number of carbonyl (C=O) groups excluding carboxylic acids is 2. The first kappa shape index (κ1) is 14.0. The molecule has 0 radical (unpaired) electrons. The molecule has 0 spiro atoms. The van der Waals surface area contributed by atoms with Gasteiger partial charge in [0.1, 0.15) is 16.5 Å². The van der Waals surface area contributed by atoms with Crippen LogP contribution in [0.5, 0.6) is 5.88 Å². The summed E-state index contributed by atoms with van der Waals surface area (Å²) in [5.74, 6) is -2.39. The van der Waals surface area contributed by atoms with Crippen molar-refractivity contribution < 1.29 is 18.7 Å². The van der Waals surface area contributed by atoms with Gasteiger partial charge >= 0.3 is 5.97 Å². The Bertz CT molecular complexity index is 674. The first-order valence-electron chi connectivity index (χ1n) is 5.41. The number of ether oxygens (including phenoxy) is 1. The molecule has 2 rings (SSSR count). The molecule has 0 bridgehead atoms. The summed E-state index contributed by atoms with van der Waals surface area (Å²) in [5, 5.41) is 0.0388. The van der Waals surface area contributed by atoms with E-state index in [1.54, 1.807) is 0 Å². The molecule has 1 amide bonds. The zero-order valence-electron chi connectivity index (χ0n) is 9.97. The van der Waals surface area contributed by atoms with Crippen LogP contribution in [0, 0.1) is 5.82 Å². The number of hydrogen-bond donors (Lipinski definition) is 1. The van der Waals surface area contributed by atoms with E-state index in [2.05, 4.69) is 4.98 Å². The first-order chi connectivity index (χ1) is 9.47. The molecule has 0 aliphatic carbocycles. The monoisotopic (exact) mass is 294 g/mol. The minimum absolute atomic E-state index is 0.0388. The smallest absolute Gasteiger partial charge is 0.344 e. The Labute approximate surface area is 118 Å². The molecule has 2 N–H and O–H groups in total. The van der Waals surface area contributed by atoms with Gasteiger partial charge in [0.2, 0.25) is 5.88 Å². The number of carbonyl (C=O) groups is 2. The number of amides is 1. The zero-order chi connectivity index (χ0) is 14.7. The van der Waals surface area contributed by atoms with Crippen molar-refractivity contribution in [3.05, 3.63) is 58.5 Å². The number of nitrogens with two attached hydrogens (primary N) is 1. The minimum atomic E-state index is -0.809. The quantitative estimate of drug-likeness (QED) is 0.695. The first-order valence-corrected chi connectivity index (χ1v) is 5.79. The predicted octanol–water partition coefficient (Wildman–Crippen LogP) is 2.19. The molecule has 20 heavy (non-hydrogen) atoms. The summed E-state index contributed by atoms with van der Waals surface area (Å²) in [6.45, 7) is 0. The summed E-state index contributed by atoms with van der Waals surface area (Å²) in [7, 11) is 0. The normalized spacial score (nSPS) is 10.1. The number of halogens is 2. The molecule has 0 saturated carbocycles. The average Bonchev–Trinajstić information content (AvgIpc) is 2.39. The lowest BCUT2D eigenvalue weighted by Gasteiger charge is -2.07. The maximum absolute atomic E-state index is 12.8. The summed E-state index contributed by atoms with van der Waals surface area (Å²) in [5.41, 5.74) is 5.16. The minimum Gasteiger partial charge on any atom is -0.403 e. The van der Waals surface area contributed by atoms with Gasteiger partial charge in [0.25, 0.3) is 5.91 Å². The molecule has 0 unspecified atom stereocenters. The molecular weight excluding hydrogens is 287 g/mol. The van der Waals surface area contributed by atoms with Crippen molar-refractivity contribution in [3.63, 3.8) is 0 Å². The van der Waals surface area contributed by atoms with Crippen molar-refractivity contribution in [3.8, 4) is 5.88 Å². The van der Waals surface area contributed by atoms with Gasteiger partial charge < -0.3 is 10.5 Å². The molecule has 102 valence electrons. The lowest BCUT2D eigenvalue weighted by Crippen LogP contribution is -2.17. The summed E-state index contributed by atoms with van der Waals surface area (Å²) in [4.78, 5) is 26.8. The van der Waals surface area contributed by atoms with E-state index in [0.717, 1.165) is 12.1 Å². The van der Waals surface area contributed by atoms with Gasteiger partial charge in [-0.2, -0.15) is 0 Å². The highest BCUT2D eigenvalue weighted by Crippen LogP contribution is 2.19. The van der Waals surface area contributed by atoms with Crippen LogP contribution in [0.25, 0.3) is 0 Å². The zero-order valence-corrected chi connectivity index (χ0v) is 10.7. The van der Waals surface area contributed by atoms with Crippen molar-refractivity contribution in [1.29, 1.82) is 0 Å². The van der Waals surface area contributed by atoms with E-state index in [9.17, 15) is 14.0 Å². The molecule has 5 nitrogen and oxygen atoms in total. The number of nitrogens with zero attached hydrogens (tertiary/aromatic N) is 1. The fourth-order valence-corrected chi connectivity index (χ4v) is 1.56. The summed E-state index contributed by atoms with van der Waals surface area (Å²) in [6, 6.07) is 7.34. The van der Waals surface area contributed by atoms with Crippen LogP contribution in [0.3, 0.4) is 0 Å². The Morgan fingerprint density at radius 3 is 2.40 bits per heavy atom. The van der Waals surface area contributed by atoms with Gasteiger partial charge in [-0.25, -0.2) is 14.2 Å². The number of rotatable bonds is 3. The second kappa shape index (κ2) is 5.66. The molecule has 0 atom stereocenters. The maximum atomic E-state index is 12.8. The molecular formula is C13H8ClFN2O3. The topological polar surface area (TPSA) is 82.3 Å². The standard InChI is InChI=1S/C13H8ClFN2O3/c14-10-6-5-9(11(16)18)12(17-10)20-13(19)7-1-3-8(15)4-2-7/h1-6H,(H2,16,18). The van der Waals surface area contributed by atoms with Crippen LogP contribution < -0.4 is 10.5 Å². The van der Waals surface area contributed by atoms with Crippen LogP contribution >= 0.6 is 11.6 Å². The molecule has 7 heteroatoms. The van der Waals surface area contributed by atoms with E-state index in [0.29, 0.717) is 0 Å². The molecule has 1 aromatic carbocycles. The fraction of sp³-hybridized carbons (Fsp3) is 0. The van der Waals surface area contributed by atoms with E-state index in [-0.39, 0.29) is 22.2 Å². The number of primary amides is 1. The van der Waals surface area contributed by atoms with Gasteiger partial charge in [0.15, 0.2) is 0 Å². The Balaban J connectivity index is 2.29. The number of benzene rings is 1. The molecule has 0 fully saturated rings. The number of esters is 1. The third-order valence-corrected chi connectivity index (χ3v) is 2.57. The third kappa shape index (κ3) is 3.10. The number of hydrogen-bond acceptors (Lipinski definition) is 4. The van der Waals surface area contributed by atoms with Gasteiger partial charge in [0.05, 0.1) is 5.56 Å². The van der Waals surface area contributed by atoms with E-state index >= 15 is 0 Å². The van der Waals surface area contributed by atoms with Gasteiger partial charge in [0, 0.05) is 0 Å². The van der Waals surface area contributed by atoms with Crippen molar-refractivity contribution in [2.45, 2.75) is 0 Å². The van der Waals surface area contributed by atoms with Crippen LogP contribution in [0.1, 0.15) is 20.7 Å². The third-order valence-electron chi connectivity index (χ3n) is 2.36. The molecule has 2 aromatic rings. The van der Waals surface area contributed by atoms with Crippen molar-refractivity contribution in [2.75, 3.05) is 0 Å². The maximum Gasteiger partial charge on any atom is 0.344 e. The molecule has 1 aromatic heterocycles. The van der Waals surface area contributed by atoms with Crippen LogP contribution in [0.15, 0.2) is 36.4 Å². The lowest BCUT2D eigenvalue weighted by molar-refractivity contribution is 0.0725. The number of pyridine rings is 1. The van der Waals surface area contributed by atoms with Crippen molar-refractivity contribution >= 4 is 23.5 Å². The van der Waals surface area contributed by atoms with Crippen molar-refractivity contribution in [1.82, 2.24) is 4.98 Å². The highest BCUT2D eigenvalue weighted by atomic mass is 35.5. The lowest BCUT2D eigenvalue weighted by atomic mass is 10.2. The van der Waals surface area contributed by atoms with Crippen molar-refractivity contribution in [2.24, 2.45) is 5.73 Å². The Morgan fingerprint density at radius 1 is 1.15 bits per heavy atom. The summed E-state index contributed by atoms with van der Waals surface area (Å²) >= 11 is 5.67. The van der Waals surface area contributed by atoms with Gasteiger partial charge in [-0.15, -0.1) is 0 Å². The Morgan fingerprint density at radius 2 is 1.80 bits per heavy atom.